The zero-order chi connectivity index (χ0) is 27.6. The van der Waals surface area contributed by atoms with Crippen molar-refractivity contribution in [3.05, 3.63) is 23.8 Å². The average molecular weight is 545 g/mol. The first kappa shape index (κ1) is 27.7. The first-order valence-corrected chi connectivity index (χ1v) is 15.0. The molecule has 8 heteroatoms. The maximum absolute atomic E-state index is 14.3. The molecule has 0 spiro atoms. The second-order valence-corrected chi connectivity index (χ2v) is 13.2. The lowest BCUT2D eigenvalue weighted by Crippen LogP contribution is -2.63. The zero-order valence-electron chi connectivity index (χ0n) is 23.5. The van der Waals surface area contributed by atoms with Crippen LogP contribution in [0.4, 0.5) is 0 Å². The van der Waals surface area contributed by atoms with Crippen molar-refractivity contribution in [2.45, 2.75) is 115 Å². The number of hydrogen-bond acceptors (Lipinski definition) is 8. The smallest absolute Gasteiger partial charge is 0.193 e. The van der Waals surface area contributed by atoms with E-state index in [0.717, 1.165) is 37.7 Å². The molecule has 0 aromatic carbocycles. The van der Waals surface area contributed by atoms with Crippen LogP contribution in [0.5, 0.6) is 0 Å². The molecule has 216 valence electrons. The molecule has 6 rings (SSSR count). The summed E-state index contributed by atoms with van der Waals surface area (Å²) in [6, 6.07) is 0. The van der Waals surface area contributed by atoms with Gasteiger partial charge in [-0.15, -0.1) is 0 Å². The Balaban J connectivity index is 1.30. The Labute approximate surface area is 231 Å². The number of rotatable bonds is 7. The molecule has 8 nitrogen and oxygen atoms in total. The van der Waals surface area contributed by atoms with Crippen LogP contribution in [0.2, 0.25) is 0 Å². The number of ether oxygens (including phenoxy) is 4. The Morgan fingerprint density at radius 1 is 1.21 bits per heavy atom. The fraction of sp³-hybridized carbons (Fsp3) is 0.806. The minimum absolute atomic E-state index is 0.0204. The molecular formula is C31H44O8. The summed E-state index contributed by atoms with van der Waals surface area (Å²) in [7, 11) is 0. The van der Waals surface area contributed by atoms with E-state index in [0.29, 0.717) is 25.7 Å². The standard InChI is InChI=1S/C31H44O8/c1-4-6-27-38-25-14-22-21-10-9-18-13-19(33)11-12-29(18,2)28(21)23(34)15-30(22,3)31(25,39-27)24(35)17-36-26-8-5-7-20(16-32)37-26/h11-13,20-23,25-28,32,34H,4-10,14-17H2,1-3H3. The van der Waals surface area contributed by atoms with Crippen LogP contribution < -0.4 is 0 Å². The monoisotopic (exact) mass is 544 g/mol. The van der Waals surface area contributed by atoms with Crippen LogP contribution in [0.15, 0.2) is 23.8 Å². The normalized spacial score (nSPS) is 48.6. The summed E-state index contributed by atoms with van der Waals surface area (Å²) in [5.74, 6) is 0.171. The van der Waals surface area contributed by atoms with Crippen LogP contribution >= 0.6 is 0 Å². The lowest BCUT2D eigenvalue weighted by molar-refractivity contribution is -0.218. The second-order valence-electron chi connectivity index (χ2n) is 13.2. The second kappa shape index (κ2) is 10.1. The van der Waals surface area contributed by atoms with Crippen molar-refractivity contribution in [3.63, 3.8) is 0 Å². The fourth-order valence-electron chi connectivity index (χ4n) is 9.40. The molecule has 0 aromatic heterocycles. The van der Waals surface area contributed by atoms with Crippen LogP contribution in [0.3, 0.4) is 0 Å². The van der Waals surface area contributed by atoms with Gasteiger partial charge in [-0.3, -0.25) is 9.59 Å². The third-order valence-electron chi connectivity index (χ3n) is 11.1. The largest absolute Gasteiger partial charge is 0.394 e. The molecular weight excluding hydrogens is 500 g/mol. The van der Waals surface area contributed by atoms with Gasteiger partial charge in [0.25, 0.3) is 0 Å². The van der Waals surface area contributed by atoms with Gasteiger partial charge in [-0.2, -0.15) is 0 Å². The molecule has 0 bridgehead atoms. The number of Topliss-reactive ketones (excluding diaryl/α,β-unsaturated/α-hetero) is 1. The molecule has 0 aromatic rings. The molecule has 2 heterocycles. The van der Waals surface area contributed by atoms with E-state index in [9.17, 15) is 19.8 Å². The Bertz CT molecular complexity index is 1050. The van der Waals surface area contributed by atoms with Crippen LogP contribution in [0.25, 0.3) is 0 Å². The summed E-state index contributed by atoms with van der Waals surface area (Å²) in [6.45, 7) is 6.15. The van der Waals surface area contributed by atoms with Crippen molar-refractivity contribution in [3.8, 4) is 0 Å². The first-order valence-electron chi connectivity index (χ1n) is 15.0. The van der Waals surface area contributed by atoms with E-state index >= 15 is 0 Å². The number of fused-ring (bicyclic) bond motifs is 7. The molecule has 6 aliphatic rings. The van der Waals surface area contributed by atoms with Crippen LogP contribution in [-0.4, -0.2) is 71.5 Å². The van der Waals surface area contributed by atoms with E-state index in [1.807, 2.05) is 6.08 Å². The van der Waals surface area contributed by atoms with E-state index in [1.54, 1.807) is 12.2 Å². The Kier molecular flexibility index (Phi) is 7.21. The Morgan fingerprint density at radius 2 is 2.03 bits per heavy atom. The molecule has 11 atom stereocenters. The number of allylic oxidation sites excluding steroid dienone is 4. The number of ketones is 2. The minimum Gasteiger partial charge on any atom is -0.394 e. The summed E-state index contributed by atoms with van der Waals surface area (Å²) in [5, 5.41) is 21.3. The molecule has 2 saturated heterocycles. The molecule has 39 heavy (non-hydrogen) atoms. The van der Waals surface area contributed by atoms with Crippen LogP contribution in [-0.2, 0) is 28.5 Å². The van der Waals surface area contributed by atoms with Gasteiger partial charge >= 0.3 is 0 Å². The highest BCUT2D eigenvalue weighted by Gasteiger charge is 2.75. The van der Waals surface area contributed by atoms with E-state index in [1.165, 1.54) is 0 Å². The minimum atomic E-state index is -1.19. The van der Waals surface area contributed by atoms with Crippen LogP contribution in [0, 0.1) is 28.6 Å². The fourth-order valence-corrected chi connectivity index (χ4v) is 9.40. The molecule has 5 fully saturated rings. The lowest BCUT2D eigenvalue weighted by Gasteiger charge is -2.59. The molecule has 4 aliphatic carbocycles. The van der Waals surface area contributed by atoms with E-state index in [-0.39, 0.29) is 54.1 Å². The van der Waals surface area contributed by atoms with Crippen molar-refractivity contribution in [2.75, 3.05) is 13.2 Å². The quantitative estimate of drug-likeness (QED) is 0.500. The van der Waals surface area contributed by atoms with Gasteiger partial charge < -0.3 is 29.2 Å². The number of carbonyl (C=O) groups is 2. The van der Waals surface area contributed by atoms with Crippen LogP contribution in [0.1, 0.15) is 78.6 Å². The highest BCUT2D eigenvalue weighted by atomic mass is 16.7. The number of carbonyl (C=O) groups excluding carboxylic acids is 2. The highest BCUT2D eigenvalue weighted by Crippen LogP contribution is 2.69. The van der Waals surface area contributed by atoms with Gasteiger partial charge in [0.15, 0.2) is 29.7 Å². The maximum Gasteiger partial charge on any atom is 0.193 e. The summed E-state index contributed by atoms with van der Waals surface area (Å²) in [6.07, 6.45) is 9.88. The molecule has 3 saturated carbocycles. The van der Waals surface area contributed by atoms with E-state index in [4.69, 9.17) is 18.9 Å². The summed E-state index contributed by atoms with van der Waals surface area (Å²) in [5.41, 5.74) is -1.07. The third-order valence-corrected chi connectivity index (χ3v) is 11.1. The Hall–Kier alpha value is -1.42. The topological polar surface area (TPSA) is 112 Å². The van der Waals surface area contributed by atoms with Gasteiger partial charge in [-0.05, 0) is 75.4 Å². The number of hydrogen-bond donors (Lipinski definition) is 2. The van der Waals surface area contributed by atoms with Crippen molar-refractivity contribution in [2.24, 2.45) is 28.6 Å². The van der Waals surface area contributed by atoms with Gasteiger partial charge in [-0.1, -0.05) is 38.8 Å². The predicted octanol–water partition coefficient (Wildman–Crippen LogP) is 3.63. The SMILES string of the molecule is CCCC1OC2CC3C4CCC5=CC(=O)C=CC5(C)C4C(O)CC3(C)C2(C(=O)COC2CCCC(CO)O2)O1. The summed E-state index contributed by atoms with van der Waals surface area (Å²) in [4.78, 5) is 26.4. The third kappa shape index (κ3) is 4.16. The first-order chi connectivity index (χ1) is 18.7. The van der Waals surface area contributed by atoms with Crippen molar-refractivity contribution in [1.29, 1.82) is 0 Å². The van der Waals surface area contributed by atoms with E-state index in [2.05, 4.69) is 20.8 Å². The van der Waals surface area contributed by atoms with Crippen molar-refractivity contribution < 1.29 is 38.7 Å². The molecule has 0 amide bonds. The maximum atomic E-state index is 14.3. The summed E-state index contributed by atoms with van der Waals surface area (Å²) >= 11 is 0. The van der Waals surface area contributed by atoms with E-state index < -0.39 is 35.8 Å². The van der Waals surface area contributed by atoms with Gasteiger partial charge in [0.2, 0.25) is 0 Å². The van der Waals surface area contributed by atoms with Gasteiger partial charge in [0, 0.05) is 16.7 Å². The average Bonchev–Trinajstić information content (AvgIpc) is 3.39. The Morgan fingerprint density at radius 3 is 2.79 bits per heavy atom. The zero-order valence-corrected chi connectivity index (χ0v) is 23.5. The predicted molar refractivity (Wildman–Crippen MR) is 141 cm³/mol. The number of aliphatic hydroxyl groups is 2. The van der Waals surface area contributed by atoms with Crippen molar-refractivity contribution >= 4 is 11.6 Å². The van der Waals surface area contributed by atoms with Crippen molar-refractivity contribution in [1.82, 2.24) is 0 Å². The molecule has 2 aliphatic heterocycles. The van der Waals surface area contributed by atoms with Gasteiger partial charge in [0.1, 0.15) is 6.61 Å². The molecule has 0 radical (unpaired) electrons. The lowest BCUT2D eigenvalue weighted by atomic mass is 9.46. The molecule has 2 N–H and O–H groups in total. The highest BCUT2D eigenvalue weighted by molar-refractivity contribution is 6.01. The summed E-state index contributed by atoms with van der Waals surface area (Å²) < 4.78 is 25.0. The van der Waals surface area contributed by atoms with Gasteiger partial charge in [0.05, 0.1) is 24.9 Å². The molecule has 11 unspecified atom stereocenters. The number of aliphatic hydroxyl groups excluding tert-OH is 2. The van der Waals surface area contributed by atoms with Gasteiger partial charge in [-0.25, -0.2) is 0 Å².